The van der Waals surface area contributed by atoms with E-state index in [1.54, 1.807) is 0 Å². The van der Waals surface area contributed by atoms with Crippen LogP contribution >= 0.6 is 17.9 Å². The summed E-state index contributed by atoms with van der Waals surface area (Å²) >= 11 is 0. The van der Waals surface area contributed by atoms with E-state index >= 15 is 0 Å². The lowest BCUT2D eigenvalue weighted by molar-refractivity contribution is 0.283. The average molecular weight is 186 g/mol. The van der Waals surface area contributed by atoms with Gasteiger partial charge in [0.25, 0.3) is 0 Å². The molecule has 1 rings (SSSR count). The minimum absolute atomic E-state index is 0.687. The molecule has 0 aliphatic carbocycles. The normalized spacial score (nSPS) is 10.3. The number of nitrogens with one attached hydrogen (secondary N) is 1. The molecule has 0 aliphatic heterocycles. The molecule has 0 heterocycles. The van der Waals surface area contributed by atoms with Crippen LogP contribution in [0.15, 0.2) is 34.8 Å². The molecule has 3 nitrogen and oxygen atoms in total. The van der Waals surface area contributed by atoms with Crippen LogP contribution in [0, 0.1) is 0 Å². The highest BCUT2D eigenvalue weighted by Gasteiger charge is 1.86. The van der Waals surface area contributed by atoms with Gasteiger partial charge in [0.2, 0.25) is 0 Å². The van der Waals surface area contributed by atoms with Crippen molar-refractivity contribution >= 4 is 17.9 Å². The predicted molar refractivity (Wildman–Crippen MR) is 49.3 cm³/mol. The maximum absolute atomic E-state index is 5.08. The molecule has 0 aromatic heterocycles. The van der Waals surface area contributed by atoms with E-state index < -0.39 is 0 Å². The predicted octanol–water partition coefficient (Wildman–Crippen LogP) is 2.40. The van der Waals surface area contributed by atoms with Crippen molar-refractivity contribution in [2.45, 2.75) is 0 Å². The fourth-order valence-electron chi connectivity index (χ4n) is 0.585. The quantitative estimate of drug-likeness (QED) is 0.580. The third-order valence-corrected chi connectivity index (χ3v) is 1.64. The lowest BCUT2D eigenvalue weighted by Gasteiger charge is -1.99. The highest BCUT2D eigenvalue weighted by atomic mass is 31.1. The summed E-state index contributed by atoms with van der Waals surface area (Å²) in [6.07, 6.45) is 0. The number of benzene rings is 1. The fraction of sp³-hybridized carbons (Fsp3) is 0. The summed E-state index contributed by atoms with van der Waals surface area (Å²) in [7, 11) is 2.92. The van der Waals surface area contributed by atoms with Crippen molar-refractivity contribution in [1.82, 2.24) is 5.25 Å². The molecule has 58 valence electrons. The van der Waals surface area contributed by atoms with E-state index in [4.69, 9.17) is 4.84 Å². The Labute approximate surface area is 69.3 Å². The summed E-state index contributed by atoms with van der Waals surface area (Å²) in [5.74, 6) is 0.786. The molecule has 0 aliphatic rings. The van der Waals surface area contributed by atoms with Gasteiger partial charge in [0.1, 0.15) is 14.3 Å². The first-order chi connectivity index (χ1) is 5.43. The second kappa shape index (κ2) is 5.20. The van der Waals surface area contributed by atoms with Crippen molar-refractivity contribution in [1.29, 1.82) is 0 Å². The second-order valence-electron chi connectivity index (χ2n) is 1.72. The lowest BCUT2D eigenvalue weighted by Crippen LogP contribution is -2.03. The molecule has 0 saturated carbocycles. The molecule has 0 fully saturated rings. The molecule has 1 unspecified atom stereocenters. The zero-order chi connectivity index (χ0) is 7.94. The molecule has 1 aromatic rings. The Bertz CT molecular complexity index is 227. The number of rotatable bonds is 3. The highest BCUT2D eigenvalue weighted by molar-refractivity contribution is 7.33. The zero-order valence-corrected chi connectivity index (χ0v) is 7.82. The van der Waals surface area contributed by atoms with E-state index in [-0.39, 0.29) is 0 Å². The highest BCUT2D eigenvalue weighted by Crippen LogP contribution is 2.08. The van der Waals surface area contributed by atoms with Gasteiger partial charge in [0.15, 0.2) is 0 Å². The summed E-state index contributed by atoms with van der Waals surface area (Å²) in [5.41, 5.74) is 0. The van der Waals surface area contributed by atoms with Crippen molar-refractivity contribution in [2.75, 3.05) is 0 Å². The zero-order valence-electron chi connectivity index (χ0n) is 5.77. The van der Waals surface area contributed by atoms with Crippen LogP contribution < -0.4 is 10.1 Å². The number of hydrogen-bond donors (Lipinski definition) is 1. The third-order valence-electron chi connectivity index (χ3n) is 1.01. The first-order valence-electron chi connectivity index (χ1n) is 3.00. The van der Waals surface area contributed by atoms with E-state index in [9.17, 15) is 0 Å². The molecule has 0 radical (unpaired) electrons. The maximum Gasteiger partial charge on any atom is 0.148 e. The molecule has 11 heavy (non-hydrogen) atoms. The van der Waals surface area contributed by atoms with E-state index in [0.717, 1.165) is 5.75 Å². The average Bonchev–Trinajstić information content (AvgIpc) is 2.07. The van der Waals surface area contributed by atoms with Crippen molar-refractivity contribution < 1.29 is 4.84 Å². The van der Waals surface area contributed by atoms with E-state index in [2.05, 4.69) is 19.2 Å². The van der Waals surface area contributed by atoms with Gasteiger partial charge >= 0.3 is 0 Å². The van der Waals surface area contributed by atoms with Gasteiger partial charge in [-0.15, -0.1) is 0 Å². The van der Waals surface area contributed by atoms with Gasteiger partial charge < -0.3 is 4.84 Å². The first-order valence-corrected chi connectivity index (χ1v) is 4.36. The van der Waals surface area contributed by atoms with Gasteiger partial charge in [-0.25, -0.2) is 4.52 Å². The Kier molecular flexibility index (Phi) is 4.07. The molecule has 1 aromatic carbocycles. The van der Waals surface area contributed by atoms with Gasteiger partial charge in [-0.2, -0.15) is 0 Å². The second-order valence-corrected chi connectivity index (χ2v) is 3.03. The van der Waals surface area contributed by atoms with Gasteiger partial charge in [0.05, 0.1) is 0 Å². The SMILES string of the molecule is PN=PNOc1ccccc1. The number of para-hydroxylation sites is 1. The van der Waals surface area contributed by atoms with E-state index in [1.165, 1.54) is 0 Å². The van der Waals surface area contributed by atoms with Crippen LogP contribution in [0.4, 0.5) is 0 Å². The van der Waals surface area contributed by atoms with E-state index in [0.29, 0.717) is 8.52 Å². The van der Waals surface area contributed by atoms with Crippen LogP contribution in [0.3, 0.4) is 0 Å². The van der Waals surface area contributed by atoms with E-state index in [1.807, 2.05) is 30.3 Å². The van der Waals surface area contributed by atoms with Crippen LogP contribution in [-0.2, 0) is 0 Å². The monoisotopic (exact) mass is 186 g/mol. The summed E-state index contributed by atoms with van der Waals surface area (Å²) in [6, 6.07) is 9.48. The summed E-state index contributed by atoms with van der Waals surface area (Å²) in [4.78, 5) is 5.08. The molecular weight excluding hydrogens is 178 g/mol. The molecule has 0 saturated heterocycles. The van der Waals surface area contributed by atoms with Crippen molar-refractivity contribution in [3.05, 3.63) is 30.3 Å². The Morgan fingerprint density at radius 2 is 2.09 bits per heavy atom. The van der Waals surface area contributed by atoms with Gasteiger partial charge in [-0.05, 0) is 21.5 Å². The number of hydrogen-bond acceptors (Lipinski definition) is 2. The Morgan fingerprint density at radius 3 is 2.73 bits per heavy atom. The Morgan fingerprint density at radius 1 is 1.36 bits per heavy atom. The minimum atomic E-state index is 0.687. The van der Waals surface area contributed by atoms with Crippen molar-refractivity contribution in [2.24, 2.45) is 4.52 Å². The molecule has 5 heteroatoms. The number of nitrogens with zero attached hydrogens (tertiary/aromatic N) is 1. The Hall–Kier alpha value is -0.490. The van der Waals surface area contributed by atoms with Gasteiger partial charge in [-0.3, -0.25) is 0 Å². The van der Waals surface area contributed by atoms with Crippen LogP contribution in [0.5, 0.6) is 5.75 Å². The standard InChI is InChI=1S/C6H8N2OP2/c10-8-11-7-9-6-4-2-1-3-5-6/h1-5H,10H2,(H,7,8). The fourth-order valence-corrected chi connectivity index (χ4v) is 0.920. The lowest BCUT2D eigenvalue weighted by atomic mass is 10.3. The molecular formula is C6H8N2OP2. The minimum Gasteiger partial charge on any atom is -0.399 e. The largest absolute Gasteiger partial charge is 0.399 e. The summed E-state index contributed by atoms with van der Waals surface area (Å²) in [5, 5.41) is 2.64. The topological polar surface area (TPSA) is 33.6 Å². The van der Waals surface area contributed by atoms with Crippen LogP contribution in [0.2, 0.25) is 0 Å². The molecule has 0 amide bonds. The van der Waals surface area contributed by atoms with Crippen LogP contribution in [0.25, 0.3) is 0 Å². The van der Waals surface area contributed by atoms with Crippen molar-refractivity contribution in [3.8, 4) is 5.75 Å². The smallest absolute Gasteiger partial charge is 0.148 e. The molecule has 0 bridgehead atoms. The molecule has 1 N–H and O–H groups in total. The maximum atomic E-state index is 5.08. The Balaban J connectivity index is 2.39. The summed E-state index contributed by atoms with van der Waals surface area (Å²) in [6.45, 7) is 0. The first kappa shape index (κ1) is 8.61. The summed E-state index contributed by atoms with van der Waals surface area (Å²) < 4.78 is 3.70. The van der Waals surface area contributed by atoms with Crippen molar-refractivity contribution in [3.63, 3.8) is 0 Å². The van der Waals surface area contributed by atoms with Crippen LogP contribution in [-0.4, -0.2) is 0 Å². The molecule has 1 atom stereocenters. The third kappa shape index (κ3) is 3.43. The van der Waals surface area contributed by atoms with Gasteiger partial charge in [-0.1, -0.05) is 23.4 Å². The molecule has 0 spiro atoms. The van der Waals surface area contributed by atoms with Crippen LogP contribution in [0.1, 0.15) is 0 Å². The van der Waals surface area contributed by atoms with Gasteiger partial charge in [0, 0.05) is 0 Å².